The van der Waals surface area contributed by atoms with Crippen LogP contribution in [0.5, 0.6) is 0 Å². The van der Waals surface area contributed by atoms with E-state index in [1.54, 1.807) is 0 Å². The molecule has 9 aromatic rings. The quantitative estimate of drug-likeness (QED) is 0.214. The maximum absolute atomic E-state index is 5.25. The zero-order valence-corrected chi connectivity index (χ0v) is 23.8. The summed E-state index contributed by atoms with van der Waals surface area (Å²) >= 11 is 0. The molecule has 0 spiro atoms. The van der Waals surface area contributed by atoms with E-state index in [4.69, 9.17) is 9.97 Å². The normalized spacial score (nSPS) is 11.6. The van der Waals surface area contributed by atoms with E-state index < -0.39 is 0 Å². The Morgan fingerprint density at radius 1 is 0.477 bits per heavy atom. The number of hydrogen-bond acceptors (Lipinski definition) is 2. The smallest absolute Gasteiger partial charge is 0.162 e. The Bertz CT molecular complexity index is 2420. The summed E-state index contributed by atoms with van der Waals surface area (Å²) in [6.45, 7) is 0. The fourth-order valence-corrected chi connectivity index (χ4v) is 6.57. The molecular formula is C40H26N4. The average Bonchev–Trinajstić information content (AvgIpc) is 3.65. The van der Waals surface area contributed by atoms with Crippen LogP contribution in [0.1, 0.15) is 0 Å². The van der Waals surface area contributed by atoms with Crippen molar-refractivity contribution in [2.45, 2.75) is 0 Å². The molecule has 0 atom stereocenters. The van der Waals surface area contributed by atoms with Crippen LogP contribution in [0.4, 0.5) is 0 Å². The number of pyridine rings is 1. The van der Waals surface area contributed by atoms with Crippen LogP contribution in [0.2, 0.25) is 0 Å². The van der Waals surface area contributed by atoms with E-state index in [1.165, 1.54) is 38.3 Å². The number of aromatic nitrogens is 4. The molecule has 0 saturated carbocycles. The Morgan fingerprint density at radius 2 is 1.14 bits per heavy atom. The van der Waals surface area contributed by atoms with Crippen molar-refractivity contribution >= 4 is 38.2 Å². The molecule has 0 bridgehead atoms. The molecule has 0 radical (unpaired) electrons. The van der Waals surface area contributed by atoms with Crippen LogP contribution >= 0.6 is 0 Å². The third-order valence-electron chi connectivity index (χ3n) is 8.53. The molecule has 4 heteroatoms. The molecule has 0 N–H and O–H groups in total. The Labute approximate surface area is 254 Å². The van der Waals surface area contributed by atoms with Gasteiger partial charge in [0, 0.05) is 45.1 Å². The summed E-state index contributed by atoms with van der Waals surface area (Å²) in [4.78, 5) is 10.3. The summed E-state index contributed by atoms with van der Waals surface area (Å²) < 4.78 is 4.64. The zero-order chi connectivity index (χ0) is 29.0. The molecule has 0 saturated heterocycles. The lowest BCUT2D eigenvalue weighted by Crippen LogP contribution is -2.02. The van der Waals surface area contributed by atoms with Gasteiger partial charge in [0.1, 0.15) is 5.82 Å². The molecule has 0 aliphatic rings. The lowest BCUT2D eigenvalue weighted by Gasteiger charge is -2.13. The standard InChI is InChI=1S/C40H26N4/c1-4-14-27(15-5-1)32-25-36-38(39-33(32)24-30-20-12-13-23-43(30)39)31-21-10-11-22-35(31)44(36)37-26-34(28-16-6-2-7-17-28)41-40(42-37)29-18-8-3-9-19-29/h1-26H. The Hall–Kier alpha value is -6.00. The molecule has 0 unspecified atom stereocenters. The van der Waals surface area contributed by atoms with Gasteiger partial charge in [0.25, 0.3) is 0 Å². The molecule has 0 aliphatic carbocycles. The first-order chi connectivity index (χ1) is 21.8. The summed E-state index contributed by atoms with van der Waals surface area (Å²) in [5.74, 6) is 1.54. The molecule has 44 heavy (non-hydrogen) atoms. The van der Waals surface area contributed by atoms with Gasteiger partial charge < -0.3 is 4.40 Å². The summed E-state index contributed by atoms with van der Waals surface area (Å²) in [5.41, 5.74) is 9.89. The summed E-state index contributed by atoms with van der Waals surface area (Å²) in [5, 5.41) is 3.63. The van der Waals surface area contributed by atoms with Gasteiger partial charge in [0.15, 0.2) is 5.82 Å². The Balaban J connectivity index is 1.46. The van der Waals surface area contributed by atoms with Crippen LogP contribution in [0.15, 0.2) is 158 Å². The number of fused-ring (bicyclic) bond motifs is 7. The second-order valence-corrected chi connectivity index (χ2v) is 11.1. The largest absolute Gasteiger partial charge is 0.316 e. The molecule has 4 nitrogen and oxygen atoms in total. The lowest BCUT2D eigenvalue weighted by atomic mass is 9.98. The van der Waals surface area contributed by atoms with Gasteiger partial charge >= 0.3 is 0 Å². The number of para-hydroxylation sites is 1. The minimum absolute atomic E-state index is 0.699. The van der Waals surface area contributed by atoms with E-state index in [0.717, 1.165) is 33.7 Å². The second-order valence-electron chi connectivity index (χ2n) is 11.1. The van der Waals surface area contributed by atoms with Crippen molar-refractivity contribution in [2.24, 2.45) is 0 Å². The van der Waals surface area contributed by atoms with Gasteiger partial charge in [0.05, 0.1) is 22.2 Å². The van der Waals surface area contributed by atoms with E-state index in [-0.39, 0.29) is 0 Å². The van der Waals surface area contributed by atoms with Gasteiger partial charge in [-0.3, -0.25) is 4.57 Å². The Kier molecular flexibility index (Phi) is 5.47. The minimum atomic E-state index is 0.699. The van der Waals surface area contributed by atoms with Gasteiger partial charge in [-0.1, -0.05) is 115 Å². The third-order valence-corrected chi connectivity index (χ3v) is 8.53. The van der Waals surface area contributed by atoms with Crippen LogP contribution in [0.25, 0.3) is 77.8 Å². The maximum atomic E-state index is 5.25. The first kappa shape index (κ1) is 24.6. The molecular weight excluding hydrogens is 536 g/mol. The van der Waals surface area contributed by atoms with E-state index in [0.29, 0.717) is 5.82 Å². The van der Waals surface area contributed by atoms with Crippen molar-refractivity contribution in [1.82, 2.24) is 18.9 Å². The molecule has 0 fully saturated rings. The van der Waals surface area contributed by atoms with Crippen LogP contribution < -0.4 is 0 Å². The number of hydrogen-bond donors (Lipinski definition) is 0. The highest BCUT2D eigenvalue weighted by molar-refractivity contribution is 6.24. The highest BCUT2D eigenvalue weighted by Crippen LogP contribution is 2.42. The number of rotatable bonds is 4. The summed E-state index contributed by atoms with van der Waals surface area (Å²) in [6.07, 6.45) is 2.17. The van der Waals surface area contributed by atoms with Gasteiger partial charge in [-0.2, -0.15) is 0 Å². The number of benzene rings is 5. The predicted molar refractivity (Wildman–Crippen MR) is 181 cm³/mol. The molecule has 0 amide bonds. The van der Waals surface area contributed by atoms with Gasteiger partial charge in [-0.05, 0) is 41.5 Å². The van der Waals surface area contributed by atoms with E-state index in [9.17, 15) is 0 Å². The molecule has 9 rings (SSSR count). The monoisotopic (exact) mass is 562 g/mol. The fourth-order valence-electron chi connectivity index (χ4n) is 6.57. The zero-order valence-electron chi connectivity index (χ0n) is 23.8. The summed E-state index contributed by atoms with van der Waals surface area (Å²) in [7, 11) is 0. The average molecular weight is 563 g/mol. The van der Waals surface area contributed by atoms with Crippen molar-refractivity contribution in [3.8, 4) is 39.6 Å². The summed E-state index contributed by atoms with van der Waals surface area (Å²) in [6, 6.07) is 53.1. The van der Waals surface area contributed by atoms with Crippen molar-refractivity contribution in [3.05, 3.63) is 158 Å². The second kappa shape index (κ2) is 9.79. The van der Waals surface area contributed by atoms with E-state index in [2.05, 4.69) is 143 Å². The van der Waals surface area contributed by atoms with E-state index >= 15 is 0 Å². The van der Waals surface area contributed by atoms with Crippen LogP contribution in [-0.2, 0) is 0 Å². The maximum Gasteiger partial charge on any atom is 0.162 e. The van der Waals surface area contributed by atoms with Crippen LogP contribution in [0.3, 0.4) is 0 Å². The predicted octanol–water partition coefficient (Wildman–Crippen LogP) is 9.98. The minimum Gasteiger partial charge on any atom is -0.316 e. The van der Waals surface area contributed by atoms with Crippen molar-refractivity contribution in [1.29, 1.82) is 0 Å². The SMILES string of the molecule is c1ccc(-c2cc(-n3c4ccccc4c4c3cc(-c3ccccc3)c3cc5ccccn5c34)nc(-c3ccccc3)n2)cc1. The highest BCUT2D eigenvalue weighted by atomic mass is 15.1. The fraction of sp³-hybridized carbons (Fsp3) is 0. The first-order valence-corrected chi connectivity index (χ1v) is 14.9. The van der Waals surface area contributed by atoms with Gasteiger partial charge in [-0.15, -0.1) is 0 Å². The van der Waals surface area contributed by atoms with Crippen LogP contribution in [-0.4, -0.2) is 18.9 Å². The van der Waals surface area contributed by atoms with Crippen molar-refractivity contribution in [3.63, 3.8) is 0 Å². The molecule has 0 aliphatic heterocycles. The van der Waals surface area contributed by atoms with Gasteiger partial charge in [-0.25, -0.2) is 9.97 Å². The molecule has 206 valence electrons. The molecule has 4 aromatic heterocycles. The highest BCUT2D eigenvalue weighted by Gasteiger charge is 2.22. The van der Waals surface area contributed by atoms with Crippen LogP contribution in [0, 0.1) is 0 Å². The lowest BCUT2D eigenvalue weighted by molar-refractivity contribution is 1.05. The number of nitrogens with zero attached hydrogens (tertiary/aromatic N) is 4. The van der Waals surface area contributed by atoms with Crippen molar-refractivity contribution < 1.29 is 0 Å². The molecule has 4 heterocycles. The third kappa shape index (κ3) is 3.78. The van der Waals surface area contributed by atoms with E-state index in [1.807, 2.05) is 24.3 Å². The Morgan fingerprint density at radius 3 is 1.91 bits per heavy atom. The first-order valence-electron chi connectivity index (χ1n) is 14.9. The molecule has 5 aromatic carbocycles. The van der Waals surface area contributed by atoms with Crippen molar-refractivity contribution in [2.75, 3.05) is 0 Å². The topological polar surface area (TPSA) is 35.1 Å². The van der Waals surface area contributed by atoms with Gasteiger partial charge in [0.2, 0.25) is 0 Å².